The molecule has 0 saturated heterocycles. The molecule has 7 heteroatoms. The molecule has 0 spiro atoms. The van der Waals surface area contributed by atoms with E-state index in [4.69, 9.17) is 15.0 Å². The molecule has 6 nitrogen and oxygen atoms in total. The topological polar surface area (TPSA) is 83.0 Å². The molecule has 3 N–H and O–H groups in total. The van der Waals surface area contributed by atoms with Gasteiger partial charge in [0.1, 0.15) is 10.8 Å². The monoisotopic (exact) mass is 487 g/mol. The van der Waals surface area contributed by atoms with Crippen LogP contribution >= 0.6 is 11.3 Å². The van der Waals surface area contributed by atoms with Crippen molar-refractivity contribution in [3.05, 3.63) is 65.9 Å². The van der Waals surface area contributed by atoms with Crippen molar-refractivity contribution >= 4 is 33.3 Å². The van der Waals surface area contributed by atoms with E-state index in [2.05, 4.69) is 49.6 Å². The quantitative estimate of drug-likeness (QED) is 0.284. The van der Waals surface area contributed by atoms with Gasteiger partial charge in [-0.2, -0.15) is 4.98 Å². The van der Waals surface area contributed by atoms with Crippen molar-refractivity contribution in [2.24, 2.45) is 17.8 Å². The Labute approximate surface area is 210 Å². The fourth-order valence-corrected chi connectivity index (χ4v) is 6.22. The predicted molar refractivity (Wildman–Crippen MR) is 145 cm³/mol. The number of anilines is 2. The highest BCUT2D eigenvalue weighted by Crippen LogP contribution is 2.41. The summed E-state index contributed by atoms with van der Waals surface area (Å²) in [5.41, 5.74) is 4.02. The Hall–Kier alpha value is -3.03. The number of rotatable bonds is 7. The maximum atomic E-state index is 9.88. The molecule has 0 bridgehead atoms. The van der Waals surface area contributed by atoms with Gasteiger partial charge in [0.25, 0.3) is 0 Å². The zero-order valence-electron chi connectivity index (χ0n) is 20.7. The van der Waals surface area contributed by atoms with Crippen LogP contribution in [-0.2, 0) is 0 Å². The summed E-state index contributed by atoms with van der Waals surface area (Å²) in [5.74, 6) is 2.57. The third-order valence-corrected chi connectivity index (χ3v) is 8.62. The summed E-state index contributed by atoms with van der Waals surface area (Å²) in [6, 6.07) is 18.8. The molecule has 1 fully saturated rings. The first-order chi connectivity index (χ1) is 16.9. The van der Waals surface area contributed by atoms with Gasteiger partial charge in [0.05, 0.1) is 27.5 Å². The van der Waals surface area contributed by atoms with Crippen LogP contribution in [0.15, 0.2) is 54.6 Å². The molecular weight excluding hydrogens is 454 g/mol. The molecule has 4 aromatic rings. The number of para-hydroxylation sites is 1. The van der Waals surface area contributed by atoms with E-state index < -0.39 is 0 Å². The second-order valence-corrected chi connectivity index (χ2v) is 10.8. The molecular formula is C28H33N5OS. The second-order valence-electron chi connectivity index (χ2n) is 9.77. The molecule has 182 valence electrons. The van der Waals surface area contributed by atoms with Crippen molar-refractivity contribution in [3.8, 4) is 10.6 Å². The summed E-state index contributed by atoms with van der Waals surface area (Å²) < 4.78 is 1.15. The van der Waals surface area contributed by atoms with Gasteiger partial charge >= 0.3 is 0 Å². The van der Waals surface area contributed by atoms with Crippen LogP contribution in [0.2, 0.25) is 0 Å². The molecule has 0 radical (unpaired) electrons. The minimum atomic E-state index is 0.0703. The molecule has 35 heavy (non-hydrogen) atoms. The number of nitrogens with zero attached hydrogens (tertiary/aromatic N) is 3. The normalized spacial score (nSPS) is 22.9. The maximum Gasteiger partial charge on any atom is 0.225 e. The van der Waals surface area contributed by atoms with E-state index in [9.17, 15) is 5.11 Å². The van der Waals surface area contributed by atoms with Gasteiger partial charge in [-0.05, 0) is 55.7 Å². The Morgan fingerprint density at radius 1 is 1.00 bits per heavy atom. The van der Waals surface area contributed by atoms with E-state index in [1.807, 2.05) is 43.3 Å². The van der Waals surface area contributed by atoms with Crippen molar-refractivity contribution in [1.82, 2.24) is 15.0 Å². The Morgan fingerprint density at radius 3 is 2.46 bits per heavy atom. The van der Waals surface area contributed by atoms with Crippen LogP contribution in [0.5, 0.6) is 0 Å². The molecule has 5 rings (SSSR count). The van der Waals surface area contributed by atoms with Gasteiger partial charge in [-0.25, -0.2) is 9.97 Å². The van der Waals surface area contributed by atoms with Gasteiger partial charge in [0.2, 0.25) is 5.95 Å². The highest BCUT2D eigenvalue weighted by molar-refractivity contribution is 7.21. The summed E-state index contributed by atoms with van der Waals surface area (Å²) in [6.45, 7) is 8.87. The fraction of sp³-hybridized carbons (Fsp3) is 0.393. The van der Waals surface area contributed by atoms with E-state index in [1.54, 1.807) is 11.3 Å². The van der Waals surface area contributed by atoms with Crippen molar-refractivity contribution in [3.63, 3.8) is 0 Å². The Bertz CT molecular complexity index is 1270. The van der Waals surface area contributed by atoms with Crippen LogP contribution in [0.25, 0.3) is 20.8 Å². The summed E-state index contributed by atoms with van der Waals surface area (Å²) in [6.07, 6.45) is 0.921. The fourth-order valence-electron chi connectivity index (χ4n) is 5.15. The number of fused-ring (bicyclic) bond motifs is 1. The van der Waals surface area contributed by atoms with Gasteiger partial charge in [-0.15, -0.1) is 11.3 Å². The molecule has 1 aliphatic carbocycles. The second kappa shape index (κ2) is 9.91. The predicted octanol–water partition coefficient (Wildman–Crippen LogP) is 6.30. The third kappa shape index (κ3) is 4.75. The molecule has 1 unspecified atom stereocenters. The number of aryl methyl sites for hydroxylation is 1. The van der Waals surface area contributed by atoms with E-state index >= 15 is 0 Å². The number of hydrogen-bond acceptors (Lipinski definition) is 7. The SMILES string of the molecule is Cc1nc(NC(C)c2ccccc2)nc(N[C@@H]2C[C@H](CO)[C@@H](C)[C@H]2C)c1-c1nc2ccccc2s1. The summed E-state index contributed by atoms with van der Waals surface area (Å²) in [5, 5.41) is 18.0. The molecule has 1 saturated carbocycles. The first-order valence-corrected chi connectivity index (χ1v) is 13.2. The number of aliphatic hydroxyl groups excluding tert-OH is 1. The zero-order valence-corrected chi connectivity index (χ0v) is 21.5. The number of nitrogens with one attached hydrogen (secondary N) is 2. The summed E-state index contributed by atoms with van der Waals surface area (Å²) in [7, 11) is 0. The van der Waals surface area contributed by atoms with Crippen LogP contribution in [0, 0.1) is 24.7 Å². The van der Waals surface area contributed by atoms with E-state index in [1.165, 1.54) is 5.56 Å². The van der Waals surface area contributed by atoms with Gasteiger partial charge in [-0.3, -0.25) is 0 Å². The molecule has 0 aliphatic heterocycles. The maximum absolute atomic E-state index is 9.88. The first-order valence-electron chi connectivity index (χ1n) is 12.4. The summed E-state index contributed by atoms with van der Waals surface area (Å²) >= 11 is 1.67. The number of thiazole rings is 1. The van der Waals surface area contributed by atoms with Gasteiger partial charge < -0.3 is 15.7 Å². The molecule has 1 aliphatic rings. The molecule has 0 amide bonds. The van der Waals surface area contributed by atoms with Crippen LogP contribution in [0.4, 0.5) is 11.8 Å². The minimum Gasteiger partial charge on any atom is -0.396 e. The lowest BCUT2D eigenvalue weighted by atomic mass is 9.92. The van der Waals surface area contributed by atoms with Crippen LogP contribution < -0.4 is 10.6 Å². The van der Waals surface area contributed by atoms with Crippen LogP contribution in [-0.4, -0.2) is 32.7 Å². The minimum absolute atomic E-state index is 0.0703. The highest BCUT2D eigenvalue weighted by Gasteiger charge is 2.38. The lowest BCUT2D eigenvalue weighted by Crippen LogP contribution is -2.25. The Kier molecular flexibility index (Phi) is 6.71. The number of benzene rings is 2. The average molecular weight is 488 g/mol. The van der Waals surface area contributed by atoms with Crippen molar-refractivity contribution < 1.29 is 5.11 Å². The number of aromatic nitrogens is 3. The lowest BCUT2D eigenvalue weighted by Gasteiger charge is -2.23. The van der Waals surface area contributed by atoms with Gasteiger partial charge in [0, 0.05) is 12.6 Å². The average Bonchev–Trinajstić information content (AvgIpc) is 3.40. The Balaban J connectivity index is 1.54. The van der Waals surface area contributed by atoms with Crippen molar-refractivity contribution in [2.45, 2.75) is 46.2 Å². The largest absolute Gasteiger partial charge is 0.396 e. The third-order valence-electron chi connectivity index (χ3n) is 7.56. The van der Waals surface area contributed by atoms with E-state index in [-0.39, 0.29) is 18.7 Å². The highest BCUT2D eigenvalue weighted by atomic mass is 32.1. The molecule has 5 atom stereocenters. The van der Waals surface area contributed by atoms with Crippen molar-refractivity contribution in [1.29, 1.82) is 0 Å². The van der Waals surface area contributed by atoms with Gasteiger partial charge in [-0.1, -0.05) is 56.3 Å². The zero-order chi connectivity index (χ0) is 24.5. The summed E-state index contributed by atoms with van der Waals surface area (Å²) in [4.78, 5) is 14.8. The molecule has 2 heterocycles. The van der Waals surface area contributed by atoms with E-state index in [0.29, 0.717) is 23.7 Å². The Morgan fingerprint density at radius 2 is 1.74 bits per heavy atom. The molecule has 2 aromatic carbocycles. The standard InChI is InChI=1S/C28H33N5OS/c1-16-17(2)23(14-21(16)15-34)31-26-25(27-32-22-12-8-9-13-24(22)35-27)19(4)30-28(33-26)29-18(3)20-10-6-5-7-11-20/h5-13,16-18,21,23,34H,14-15H2,1-4H3,(H2,29,30,31,33)/t16-,17+,18?,21+,23+/m0/s1. The van der Waals surface area contributed by atoms with Crippen LogP contribution in [0.3, 0.4) is 0 Å². The molecule has 2 aromatic heterocycles. The van der Waals surface area contributed by atoms with Gasteiger partial charge in [0.15, 0.2) is 0 Å². The van der Waals surface area contributed by atoms with Crippen molar-refractivity contribution in [2.75, 3.05) is 17.2 Å². The van der Waals surface area contributed by atoms with Crippen LogP contribution in [0.1, 0.15) is 44.5 Å². The number of aliphatic hydroxyl groups is 1. The first kappa shape index (κ1) is 23.7. The number of hydrogen-bond donors (Lipinski definition) is 3. The smallest absolute Gasteiger partial charge is 0.225 e. The lowest BCUT2D eigenvalue weighted by molar-refractivity contribution is 0.191. The van der Waals surface area contributed by atoms with E-state index in [0.717, 1.165) is 38.7 Å².